The first-order valence-electron chi connectivity index (χ1n) is 8.88. The molecule has 1 atom stereocenters. The highest BCUT2D eigenvalue weighted by molar-refractivity contribution is 5.05. The standard InChI is InChI=1S/C18H29N5/c1-15(2)23-14-17(12-20-23)13-22-9-5-4-6-18(22)7-10-21-11-8-19-16(21)3/h8,11-12,14-15,18H,4-7,9-10,13H2,1-3H3. The van der Waals surface area contributed by atoms with Crippen LogP contribution < -0.4 is 0 Å². The normalized spacial score (nSPS) is 19.6. The number of piperidine rings is 1. The Kier molecular flexibility index (Phi) is 5.16. The Hall–Kier alpha value is -1.62. The second kappa shape index (κ2) is 7.30. The van der Waals surface area contributed by atoms with Crippen LogP contribution in [-0.4, -0.2) is 36.8 Å². The van der Waals surface area contributed by atoms with Crippen LogP contribution >= 0.6 is 0 Å². The smallest absolute Gasteiger partial charge is 0.105 e. The Bertz CT molecular complexity index is 612. The molecule has 3 rings (SSSR count). The summed E-state index contributed by atoms with van der Waals surface area (Å²) in [5.41, 5.74) is 1.34. The fourth-order valence-electron chi connectivity index (χ4n) is 3.50. The molecule has 2 aromatic rings. The van der Waals surface area contributed by atoms with Gasteiger partial charge in [-0.15, -0.1) is 0 Å². The molecule has 0 bridgehead atoms. The number of aromatic nitrogens is 4. The van der Waals surface area contributed by atoms with E-state index in [-0.39, 0.29) is 0 Å². The van der Waals surface area contributed by atoms with E-state index in [1.54, 1.807) is 0 Å². The zero-order chi connectivity index (χ0) is 16.2. The van der Waals surface area contributed by atoms with Crippen molar-refractivity contribution in [3.8, 4) is 0 Å². The Balaban J connectivity index is 1.60. The molecule has 1 aliphatic heterocycles. The van der Waals surface area contributed by atoms with Gasteiger partial charge in [0.1, 0.15) is 5.82 Å². The maximum Gasteiger partial charge on any atom is 0.105 e. The van der Waals surface area contributed by atoms with Crippen molar-refractivity contribution >= 4 is 0 Å². The third-order valence-corrected chi connectivity index (χ3v) is 4.95. The summed E-state index contributed by atoms with van der Waals surface area (Å²) in [5, 5.41) is 4.48. The molecule has 1 aliphatic rings. The largest absolute Gasteiger partial charge is 0.335 e. The third kappa shape index (κ3) is 4.02. The van der Waals surface area contributed by atoms with Crippen LogP contribution in [0.3, 0.4) is 0 Å². The van der Waals surface area contributed by atoms with Gasteiger partial charge in [0.2, 0.25) is 0 Å². The zero-order valence-corrected chi connectivity index (χ0v) is 14.6. The van der Waals surface area contributed by atoms with Crippen LogP contribution in [0.1, 0.15) is 57.0 Å². The van der Waals surface area contributed by atoms with E-state index in [9.17, 15) is 0 Å². The van der Waals surface area contributed by atoms with Crippen molar-refractivity contribution in [2.24, 2.45) is 0 Å². The fraction of sp³-hybridized carbons (Fsp3) is 0.667. The van der Waals surface area contributed by atoms with Gasteiger partial charge in [0.05, 0.1) is 6.20 Å². The van der Waals surface area contributed by atoms with Crippen molar-refractivity contribution in [2.45, 2.75) is 71.6 Å². The number of hydrogen-bond donors (Lipinski definition) is 0. The predicted molar refractivity (Wildman–Crippen MR) is 92.2 cm³/mol. The van der Waals surface area contributed by atoms with E-state index in [0.29, 0.717) is 12.1 Å². The average molecular weight is 315 g/mol. The van der Waals surface area contributed by atoms with E-state index in [4.69, 9.17) is 0 Å². The summed E-state index contributed by atoms with van der Waals surface area (Å²) >= 11 is 0. The molecule has 0 saturated carbocycles. The predicted octanol–water partition coefficient (Wildman–Crippen LogP) is 3.41. The minimum Gasteiger partial charge on any atom is -0.335 e. The molecule has 5 heteroatoms. The van der Waals surface area contributed by atoms with Crippen molar-refractivity contribution in [1.82, 2.24) is 24.2 Å². The fourth-order valence-corrected chi connectivity index (χ4v) is 3.50. The quantitative estimate of drug-likeness (QED) is 0.820. The monoisotopic (exact) mass is 315 g/mol. The number of hydrogen-bond acceptors (Lipinski definition) is 3. The molecule has 1 unspecified atom stereocenters. The van der Waals surface area contributed by atoms with Crippen molar-refractivity contribution in [1.29, 1.82) is 0 Å². The average Bonchev–Trinajstić information content (AvgIpc) is 3.16. The van der Waals surface area contributed by atoms with Crippen LogP contribution in [0, 0.1) is 6.92 Å². The second-order valence-corrected chi connectivity index (χ2v) is 7.00. The van der Waals surface area contributed by atoms with E-state index in [0.717, 1.165) is 18.9 Å². The van der Waals surface area contributed by atoms with Gasteiger partial charge in [-0.3, -0.25) is 9.58 Å². The highest BCUT2D eigenvalue weighted by Crippen LogP contribution is 2.23. The van der Waals surface area contributed by atoms with Gasteiger partial charge in [0.25, 0.3) is 0 Å². The lowest BCUT2D eigenvalue weighted by molar-refractivity contribution is 0.128. The van der Waals surface area contributed by atoms with Gasteiger partial charge < -0.3 is 4.57 Å². The van der Waals surface area contributed by atoms with E-state index >= 15 is 0 Å². The van der Waals surface area contributed by atoms with Crippen LogP contribution in [0.5, 0.6) is 0 Å². The number of rotatable bonds is 6. The number of aryl methyl sites for hydroxylation is 2. The highest BCUT2D eigenvalue weighted by atomic mass is 15.3. The van der Waals surface area contributed by atoms with Gasteiger partial charge >= 0.3 is 0 Å². The summed E-state index contributed by atoms with van der Waals surface area (Å²) in [6.07, 6.45) is 13.4. The summed E-state index contributed by atoms with van der Waals surface area (Å²) in [5.74, 6) is 1.12. The molecular weight excluding hydrogens is 286 g/mol. The van der Waals surface area contributed by atoms with Crippen molar-refractivity contribution < 1.29 is 0 Å². The lowest BCUT2D eigenvalue weighted by Gasteiger charge is -2.35. The summed E-state index contributed by atoms with van der Waals surface area (Å²) in [6, 6.07) is 1.11. The van der Waals surface area contributed by atoms with Crippen molar-refractivity contribution in [3.05, 3.63) is 36.2 Å². The van der Waals surface area contributed by atoms with Crippen LogP contribution in [0.2, 0.25) is 0 Å². The summed E-state index contributed by atoms with van der Waals surface area (Å²) in [6.45, 7) is 9.74. The molecule has 2 aromatic heterocycles. The molecule has 1 saturated heterocycles. The van der Waals surface area contributed by atoms with Crippen LogP contribution in [0.25, 0.3) is 0 Å². The molecule has 5 nitrogen and oxygen atoms in total. The molecule has 1 fully saturated rings. The van der Waals surface area contributed by atoms with E-state index in [2.05, 4.69) is 57.4 Å². The topological polar surface area (TPSA) is 38.9 Å². The summed E-state index contributed by atoms with van der Waals surface area (Å²) in [4.78, 5) is 6.97. The first kappa shape index (κ1) is 16.2. The number of likely N-dealkylation sites (tertiary alicyclic amines) is 1. The highest BCUT2D eigenvalue weighted by Gasteiger charge is 2.23. The zero-order valence-electron chi connectivity index (χ0n) is 14.6. The maximum absolute atomic E-state index is 4.48. The SMILES string of the molecule is Cc1nccn1CCC1CCCCN1Cc1cnn(C(C)C)c1. The van der Waals surface area contributed by atoms with E-state index in [1.807, 2.05) is 12.4 Å². The molecule has 0 N–H and O–H groups in total. The van der Waals surface area contributed by atoms with Gasteiger partial charge in [-0.2, -0.15) is 5.10 Å². The number of imidazole rings is 1. The van der Waals surface area contributed by atoms with Gasteiger partial charge in [0.15, 0.2) is 0 Å². The molecule has 0 amide bonds. The Labute approximate surface area is 139 Å². The number of nitrogens with zero attached hydrogens (tertiary/aromatic N) is 5. The lowest BCUT2D eigenvalue weighted by Crippen LogP contribution is -2.39. The van der Waals surface area contributed by atoms with Crippen LogP contribution in [-0.2, 0) is 13.1 Å². The Morgan fingerprint density at radius 1 is 1.30 bits per heavy atom. The maximum atomic E-state index is 4.48. The molecule has 0 aliphatic carbocycles. The molecule has 126 valence electrons. The van der Waals surface area contributed by atoms with Crippen LogP contribution in [0.15, 0.2) is 24.8 Å². The Morgan fingerprint density at radius 3 is 2.87 bits per heavy atom. The molecule has 0 aromatic carbocycles. The first-order chi connectivity index (χ1) is 11.1. The molecule has 23 heavy (non-hydrogen) atoms. The van der Waals surface area contributed by atoms with Gasteiger partial charge in [-0.25, -0.2) is 4.98 Å². The van der Waals surface area contributed by atoms with Crippen molar-refractivity contribution in [2.75, 3.05) is 6.54 Å². The molecule has 0 spiro atoms. The summed E-state index contributed by atoms with van der Waals surface area (Å²) in [7, 11) is 0. The minimum atomic E-state index is 0.435. The minimum absolute atomic E-state index is 0.435. The lowest BCUT2D eigenvalue weighted by atomic mass is 9.99. The van der Waals surface area contributed by atoms with E-state index in [1.165, 1.54) is 37.8 Å². The molecule has 3 heterocycles. The van der Waals surface area contributed by atoms with E-state index < -0.39 is 0 Å². The second-order valence-electron chi connectivity index (χ2n) is 7.00. The van der Waals surface area contributed by atoms with Gasteiger partial charge in [0, 0.05) is 49.3 Å². The first-order valence-corrected chi connectivity index (χ1v) is 8.88. The molecule has 0 radical (unpaired) electrons. The van der Waals surface area contributed by atoms with Crippen molar-refractivity contribution in [3.63, 3.8) is 0 Å². The summed E-state index contributed by atoms with van der Waals surface area (Å²) < 4.78 is 4.33. The van der Waals surface area contributed by atoms with Crippen LogP contribution in [0.4, 0.5) is 0 Å². The Morgan fingerprint density at radius 2 is 2.17 bits per heavy atom. The van der Waals surface area contributed by atoms with Gasteiger partial charge in [-0.1, -0.05) is 6.42 Å². The third-order valence-electron chi connectivity index (χ3n) is 4.95. The van der Waals surface area contributed by atoms with Gasteiger partial charge in [-0.05, 0) is 46.6 Å². The molecular formula is C18H29N5.